The largest absolute Gasteiger partial charge is 0.316 e. The highest BCUT2D eigenvalue weighted by molar-refractivity contribution is 6.30. The zero-order valence-corrected chi connectivity index (χ0v) is 14.6. The van der Waals surface area contributed by atoms with E-state index in [0.29, 0.717) is 13.0 Å². The van der Waals surface area contributed by atoms with Gasteiger partial charge in [0.15, 0.2) is 0 Å². The second-order valence-electron chi connectivity index (χ2n) is 6.16. The third-order valence-corrected chi connectivity index (χ3v) is 4.64. The van der Waals surface area contributed by atoms with Crippen LogP contribution in [-0.2, 0) is 17.6 Å². The average Bonchev–Trinajstić information content (AvgIpc) is 2.61. The first-order valence-electron chi connectivity index (χ1n) is 8.57. The van der Waals surface area contributed by atoms with Crippen LogP contribution in [0.3, 0.4) is 0 Å². The molecule has 0 saturated heterocycles. The number of amides is 1. The van der Waals surface area contributed by atoms with Crippen molar-refractivity contribution < 1.29 is 4.79 Å². The molecule has 0 aliphatic carbocycles. The maximum atomic E-state index is 12.5. The van der Waals surface area contributed by atoms with E-state index >= 15 is 0 Å². The van der Waals surface area contributed by atoms with Gasteiger partial charge in [0.1, 0.15) is 0 Å². The van der Waals surface area contributed by atoms with Crippen molar-refractivity contribution in [3.8, 4) is 0 Å². The molecule has 0 fully saturated rings. The number of nitrogens with zero attached hydrogens (tertiary/aromatic N) is 1. The number of nitrogens with one attached hydrogen (secondary N) is 1. The first-order chi connectivity index (χ1) is 11.7. The maximum Gasteiger partial charge on any atom is 0.228 e. The van der Waals surface area contributed by atoms with Gasteiger partial charge in [-0.1, -0.05) is 41.9 Å². The first kappa shape index (κ1) is 17.0. The molecule has 0 saturated carbocycles. The second-order valence-corrected chi connectivity index (χ2v) is 6.59. The fraction of sp³-hybridized carbons (Fsp3) is 0.350. The van der Waals surface area contributed by atoms with Gasteiger partial charge in [-0.3, -0.25) is 4.79 Å². The van der Waals surface area contributed by atoms with Gasteiger partial charge >= 0.3 is 0 Å². The lowest BCUT2D eigenvalue weighted by Crippen LogP contribution is -2.37. The molecular weight excluding hydrogens is 320 g/mol. The summed E-state index contributed by atoms with van der Waals surface area (Å²) < 4.78 is 0. The van der Waals surface area contributed by atoms with Crippen molar-refractivity contribution >= 4 is 23.2 Å². The number of fused-ring (bicyclic) bond motifs is 1. The van der Waals surface area contributed by atoms with Crippen molar-refractivity contribution in [1.82, 2.24) is 5.32 Å². The summed E-state index contributed by atoms with van der Waals surface area (Å²) in [5.41, 5.74) is 3.59. The Kier molecular flexibility index (Phi) is 5.89. The van der Waals surface area contributed by atoms with Gasteiger partial charge in [0.2, 0.25) is 5.91 Å². The molecule has 2 aromatic carbocycles. The molecule has 0 aromatic heterocycles. The van der Waals surface area contributed by atoms with Crippen LogP contribution in [-0.4, -0.2) is 25.5 Å². The molecule has 3 nitrogen and oxygen atoms in total. The van der Waals surface area contributed by atoms with Crippen LogP contribution in [0.2, 0.25) is 5.02 Å². The van der Waals surface area contributed by atoms with Crippen LogP contribution in [0, 0.1) is 0 Å². The van der Waals surface area contributed by atoms with E-state index in [1.165, 1.54) is 11.1 Å². The third kappa shape index (κ3) is 4.37. The number of anilines is 1. The molecule has 1 N–H and O–H groups in total. The van der Waals surface area contributed by atoms with E-state index in [0.717, 1.165) is 43.1 Å². The fourth-order valence-corrected chi connectivity index (χ4v) is 3.39. The van der Waals surface area contributed by atoms with Crippen LogP contribution in [0.1, 0.15) is 24.0 Å². The zero-order valence-electron chi connectivity index (χ0n) is 13.8. The minimum atomic E-state index is 0.206. The minimum absolute atomic E-state index is 0.206. The maximum absolute atomic E-state index is 12.5. The highest BCUT2D eigenvalue weighted by Crippen LogP contribution is 2.26. The molecule has 0 unspecified atom stereocenters. The molecule has 1 aliphatic rings. The van der Waals surface area contributed by atoms with E-state index < -0.39 is 0 Å². The van der Waals surface area contributed by atoms with Crippen molar-refractivity contribution in [3.63, 3.8) is 0 Å². The molecular formula is C20H23ClN2O. The monoisotopic (exact) mass is 342 g/mol. The van der Waals surface area contributed by atoms with Crippen molar-refractivity contribution in [2.45, 2.75) is 25.7 Å². The van der Waals surface area contributed by atoms with Gasteiger partial charge in [-0.15, -0.1) is 0 Å². The van der Waals surface area contributed by atoms with E-state index in [-0.39, 0.29) is 5.91 Å². The van der Waals surface area contributed by atoms with Crippen LogP contribution < -0.4 is 10.2 Å². The number of para-hydroxylation sites is 1. The summed E-state index contributed by atoms with van der Waals surface area (Å²) in [4.78, 5) is 14.4. The number of rotatable bonds is 6. The van der Waals surface area contributed by atoms with Gasteiger partial charge in [-0.25, -0.2) is 0 Å². The Morgan fingerprint density at radius 1 is 1.12 bits per heavy atom. The molecule has 1 heterocycles. The SMILES string of the molecule is O=C(CCNCCc1cccc(Cl)c1)N1CCCc2ccccc21. The first-order valence-corrected chi connectivity index (χ1v) is 8.95. The molecule has 126 valence electrons. The molecule has 3 rings (SSSR count). The molecule has 0 spiro atoms. The van der Waals surface area contributed by atoms with E-state index in [2.05, 4.69) is 23.5 Å². The van der Waals surface area contributed by atoms with E-state index in [1.807, 2.05) is 35.2 Å². The van der Waals surface area contributed by atoms with Crippen molar-refractivity contribution in [2.24, 2.45) is 0 Å². The highest BCUT2D eigenvalue weighted by atomic mass is 35.5. The molecule has 1 aliphatic heterocycles. The highest BCUT2D eigenvalue weighted by Gasteiger charge is 2.21. The summed E-state index contributed by atoms with van der Waals surface area (Å²) in [6, 6.07) is 16.1. The Morgan fingerprint density at radius 3 is 2.88 bits per heavy atom. The Bertz CT molecular complexity index is 702. The van der Waals surface area contributed by atoms with E-state index in [9.17, 15) is 4.79 Å². The Balaban J connectivity index is 1.43. The van der Waals surface area contributed by atoms with Gasteiger partial charge in [0.05, 0.1) is 0 Å². The normalized spacial score (nSPS) is 13.6. The third-order valence-electron chi connectivity index (χ3n) is 4.41. The van der Waals surface area contributed by atoms with Gasteiger partial charge in [-0.2, -0.15) is 0 Å². The lowest BCUT2D eigenvalue weighted by Gasteiger charge is -2.29. The zero-order chi connectivity index (χ0) is 16.8. The predicted octanol–water partition coefficient (Wildman–Crippen LogP) is 3.84. The number of hydrogen-bond donors (Lipinski definition) is 1. The number of halogens is 1. The average molecular weight is 343 g/mol. The molecule has 0 atom stereocenters. The Hall–Kier alpha value is -1.84. The lowest BCUT2D eigenvalue weighted by molar-refractivity contribution is -0.118. The van der Waals surface area contributed by atoms with Crippen molar-refractivity contribution in [3.05, 3.63) is 64.7 Å². The van der Waals surface area contributed by atoms with Crippen molar-refractivity contribution in [2.75, 3.05) is 24.5 Å². The van der Waals surface area contributed by atoms with Crippen LogP contribution >= 0.6 is 11.6 Å². The summed E-state index contributed by atoms with van der Waals surface area (Å²) in [7, 11) is 0. The van der Waals surface area contributed by atoms with Gasteiger partial charge in [0, 0.05) is 30.2 Å². The topological polar surface area (TPSA) is 32.3 Å². The number of benzene rings is 2. The summed E-state index contributed by atoms with van der Waals surface area (Å²) >= 11 is 5.98. The van der Waals surface area contributed by atoms with E-state index in [1.54, 1.807) is 0 Å². The lowest BCUT2D eigenvalue weighted by atomic mass is 10.0. The number of aryl methyl sites for hydroxylation is 1. The smallest absolute Gasteiger partial charge is 0.228 e. The molecule has 24 heavy (non-hydrogen) atoms. The Morgan fingerprint density at radius 2 is 2.00 bits per heavy atom. The van der Waals surface area contributed by atoms with Crippen LogP contribution in [0.15, 0.2) is 48.5 Å². The molecule has 1 amide bonds. The fourth-order valence-electron chi connectivity index (χ4n) is 3.17. The molecule has 4 heteroatoms. The molecule has 2 aromatic rings. The van der Waals surface area contributed by atoms with Gasteiger partial charge in [0.25, 0.3) is 0 Å². The predicted molar refractivity (Wildman–Crippen MR) is 99.8 cm³/mol. The van der Waals surface area contributed by atoms with Gasteiger partial charge < -0.3 is 10.2 Å². The summed E-state index contributed by atoms with van der Waals surface area (Å²) in [5.74, 6) is 0.206. The minimum Gasteiger partial charge on any atom is -0.316 e. The standard InChI is InChI=1S/C20H23ClN2O/c21-18-8-3-5-16(15-18)10-12-22-13-11-20(24)23-14-4-7-17-6-1-2-9-19(17)23/h1-3,5-6,8-9,15,22H,4,7,10-14H2. The van der Waals surface area contributed by atoms with Crippen molar-refractivity contribution in [1.29, 1.82) is 0 Å². The summed E-state index contributed by atoms with van der Waals surface area (Å²) in [5, 5.41) is 4.13. The summed E-state index contributed by atoms with van der Waals surface area (Å²) in [6.07, 6.45) is 3.56. The second kappa shape index (κ2) is 8.32. The van der Waals surface area contributed by atoms with E-state index in [4.69, 9.17) is 11.6 Å². The number of carbonyl (C=O) groups excluding carboxylic acids is 1. The molecule has 0 radical (unpaired) electrons. The van der Waals surface area contributed by atoms with Crippen LogP contribution in [0.25, 0.3) is 0 Å². The number of carbonyl (C=O) groups is 1. The van der Waals surface area contributed by atoms with Crippen LogP contribution in [0.4, 0.5) is 5.69 Å². The molecule has 0 bridgehead atoms. The summed E-state index contributed by atoms with van der Waals surface area (Å²) in [6.45, 7) is 2.39. The Labute approximate surface area is 148 Å². The van der Waals surface area contributed by atoms with Gasteiger partial charge in [-0.05, 0) is 55.1 Å². The van der Waals surface area contributed by atoms with Crippen LogP contribution in [0.5, 0.6) is 0 Å². The quantitative estimate of drug-likeness (QED) is 0.809. The number of hydrogen-bond acceptors (Lipinski definition) is 2.